The molecule has 1 aromatic carbocycles. The number of benzene rings is 1. The molecule has 1 aliphatic rings. The van der Waals surface area contributed by atoms with Gasteiger partial charge in [0, 0.05) is 37.8 Å². The Morgan fingerprint density at radius 2 is 2.22 bits per heavy atom. The van der Waals surface area contributed by atoms with Crippen LogP contribution in [0.3, 0.4) is 0 Å². The zero-order chi connectivity index (χ0) is 15.7. The van der Waals surface area contributed by atoms with Crippen LogP contribution in [-0.2, 0) is 16.0 Å². The van der Waals surface area contributed by atoms with E-state index in [1.165, 1.54) is 12.0 Å². The van der Waals surface area contributed by atoms with Gasteiger partial charge in [0.25, 0.3) is 0 Å². The molecule has 1 saturated heterocycles. The number of nitrogens with one attached hydrogen (secondary N) is 1. The van der Waals surface area contributed by atoms with E-state index >= 15 is 0 Å². The lowest BCUT2D eigenvalue weighted by atomic mass is 10.2. The molecule has 0 bridgehead atoms. The van der Waals surface area contributed by atoms with E-state index in [1.54, 1.807) is 6.20 Å². The lowest BCUT2D eigenvalue weighted by molar-refractivity contribution is 0.0166. The van der Waals surface area contributed by atoms with E-state index in [0.29, 0.717) is 6.10 Å². The summed E-state index contributed by atoms with van der Waals surface area (Å²) < 4.78 is 13.2. The third-order valence-electron chi connectivity index (χ3n) is 4.04. The SMILES string of the molecule is c1cn(-c2ccc(CNCCCOCC3CCCO3)cc2)cn1. The van der Waals surface area contributed by atoms with E-state index in [1.807, 2.05) is 17.1 Å². The minimum absolute atomic E-state index is 0.331. The average Bonchev–Trinajstić information content (AvgIpc) is 3.28. The number of imidazole rings is 1. The standard InChI is InChI=1S/C18H25N3O2/c1-3-18(23-12-1)14-22-11-2-8-19-13-16-4-6-17(7-5-16)21-10-9-20-15-21/h4-7,9-10,15,18-19H,1-3,8,11-14H2. The highest BCUT2D eigenvalue weighted by molar-refractivity contribution is 5.34. The van der Waals surface area contributed by atoms with E-state index in [9.17, 15) is 0 Å². The van der Waals surface area contributed by atoms with Crippen molar-refractivity contribution in [2.24, 2.45) is 0 Å². The fourth-order valence-electron chi connectivity index (χ4n) is 2.72. The number of hydrogen-bond acceptors (Lipinski definition) is 4. The summed E-state index contributed by atoms with van der Waals surface area (Å²) >= 11 is 0. The zero-order valence-corrected chi connectivity index (χ0v) is 13.5. The van der Waals surface area contributed by atoms with Crippen molar-refractivity contribution >= 4 is 0 Å². The van der Waals surface area contributed by atoms with Gasteiger partial charge in [-0.15, -0.1) is 0 Å². The first-order valence-corrected chi connectivity index (χ1v) is 8.39. The van der Waals surface area contributed by atoms with Crippen molar-refractivity contribution in [1.82, 2.24) is 14.9 Å². The molecule has 23 heavy (non-hydrogen) atoms. The summed E-state index contributed by atoms with van der Waals surface area (Å²) in [5, 5.41) is 3.45. The van der Waals surface area contributed by atoms with Gasteiger partial charge in [0.15, 0.2) is 0 Å². The molecule has 5 heteroatoms. The molecule has 1 unspecified atom stereocenters. The summed E-state index contributed by atoms with van der Waals surface area (Å²) in [7, 11) is 0. The smallest absolute Gasteiger partial charge is 0.0991 e. The molecule has 2 heterocycles. The molecule has 0 saturated carbocycles. The second kappa shape index (κ2) is 8.82. The molecule has 124 valence electrons. The molecule has 1 N–H and O–H groups in total. The summed E-state index contributed by atoms with van der Waals surface area (Å²) in [6.07, 6.45) is 9.23. The van der Waals surface area contributed by atoms with Crippen molar-refractivity contribution in [2.75, 3.05) is 26.4 Å². The van der Waals surface area contributed by atoms with Gasteiger partial charge in [-0.2, -0.15) is 0 Å². The van der Waals surface area contributed by atoms with Gasteiger partial charge in [0.2, 0.25) is 0 Å². The third kappa shape index (κ3) is 5.16. The Balaban J connectivity index is 1.27. The van der Waals surface area contributed by atoms with E-state index in [4.69, 9.17) is 9.47 Å². The minimum Gasteiger partial charge on any atom is -0.379 e. The van der Waals surface area contributed by atoms with Crippen LogP contribution in [-0.4, -0.2) is 42.0 Å². The minimum atomic E-state index is 0.331. The van der Waals surface area contributed by atoms with Crippen molar-refractivity contribution < 1.29 is 9.47 Å². The quantitative estimate of drug-likeness (QED) is 0.723. The summed E-state index contributed by atoms with van der Waals surface area (Å²) in [4.78, 5) is 4.06. The Bertz CT molecular complexity index is 548. The van der Waals surface area contributed by atoms with Crippen LogP contribution in [0, 0.1) is 0 Å². The molecule has 0 aliphatic carbocycles. The van der Waals surface area contributed by atoms with Gasteiger partial charge < -0.3 is 19.4 Å². The zero-order valence-electron chi connectivity index (χ0n) is 13.5. The third-order valence-corrected chi connectivity index (χ3v) is 4.04. The molecule has 0 spiro atoms. The Morgan fingerprint density at radius 1 is 1.30 bits per heavy atom. The van der Waals surface area contributed by atoms with Crippen molar-refractivity contribution in [2.45, 2.75) is 31.9 Å². The van der Waals surface area contributed by atoms with Crippen LogP contribution in [0.15, 0.2) is 43.0 Å². The molecule has 3 rings (SSSR count). The summed E-state index contributed by atoms with van der Waals surface area (Å²) in [6, 6.07) is 8.53. The lowest BCUT2D eigenvalue weighted by Gasteiger charge is -2.10. The van der Waals surface area contributed by atoms with E-state index < -0.39 is 0 Å². The summed E-state index contributed by atoms with van der Waals surface area (Å²) in [5.41, 5.74) is 2.42. The second-order valence-electron chi connectivity index (χ2n) is 5.88. The van der Waals surface area contributed by atoms with Crippen molar-refractivity contribution in [3.63, 3.8) is 0 Å². The Labute approximate surface area is 137 Å². The number of ether oxygens (including phenoxy) is 2. The first-order valence-electron chi connectivity index (χ1n) is 8.39. The van der Waals surface area contributed by atoms with Gasteiger partial charge in [-0.1, -0.05) is 12.1 Å². The molecule has 2 aromatic rings. The van der Waals surface area contributed by atoms with Gasteiger partial charge in [-0.05, 0) is 43.5 Å². The van der Waals surface area contributed by atoms with E-state index in [-0.39, 0.29) is 0 Å². The molecule has 1 atom stereocenters. The van der Waals surface area contributed by atoms with Gasteiger partial charge in [-0.25, -0.2) is 4.98 Å². The second-order valence-corrected chi connectivity index (χ2v) is 5.88. The van der Waals surface area contributed by atoms with Crippen LogP contribution < -0.4 is 5.32 Å². The highest BCUT2D eigenvalue weighted by atomic mass is 16.5. The maximum Gasteiger partial charge on any atom is 0.0991 e. The maximum absolute atomic E-state index is 5.65. The Hall–Kier alpha value is -1.69. The largest absolute Gasteiger partial charge is 0.379 e. The molecule has 1 fully saturated rings. The number of hydrogen-bond donors (Lipinski definition) is 1. The van der Waals surface area contributed by atoms with Crippen LogP contribution in [0.2, 0.25) is 0 Å². The number of nitrogens with zero attached hydrogens (tertiary/aromatic N) is 2. The fraction of sp³-hybridized carbons (Fsp3) is 0.500. The lowest BCUT2D eigenvalue weighted by Crippen LogP contribution is -2.19. The maximum atomic E-state index is 5.65. The fourth-order valence-corrected chi connectivity index (χ4v) is 2.72. The van der Waals surface area contributed by atoms with Crippen LogP contribution in [0.25, 0.3) is 5.69 Å². The number of rotatable bonds is 9. The summed E-state index contributed by atoms with van der Waals surface area (Å²) in [6.45, 7) is 4.29. The van der Waals surface area contributed by atoms with Gasteiger partial charge >= 0.3 is 0 Å². The van der Waals surface area contributed by atoms with Crippen molar-refractivity contribution in [3.05, 3.63) is 48.5 Å². The van der Waals surface area contributed by atoms with Crippen molar-refractivity contribution in [3.8, 4) is 5.69 Å². The van der Waals surface area contributed by atoms with Gasteiger partial charge in [-0.3, -0.25) is 0 Å². The Morgan fingerprint density at radius 3 is 2.96 bits per heavy atom. The van der Waals surface area contributed by atoms with Crippen LogP contribution in [0.1, 0.15) is 24.8 Å². The van der Waals surface area contributed by atoms with Gasteiger partial charge in [0.05, 0.1) is 19.0 Å². The monoisotopic (exact) mass is 315 g/mol. The van der Waals surface area contributed by atoms with Crippen molar-refractivity contribution in [1.29, 1.82) is 0 Å². The molecular formula is C18H25N3O2. The van der Waals surface area contributed by atoms with E-state index in [0.717, 1.165) is 51.4 Å². The average molecular weight is 315 g/mol. The Kier molecular flexibility index (Phi) is 6.20. The molecule has 5 nitrogen and oxygen atoms in total. The summed E-state index contributed by atoms with van der Waals surface area (Å²) in [5.74, 6) is 0. The van der Waals surface area contributed by atoms with Gasteiger partial charge in [0.1, 0.15) is 0 Å². The van der Waals surface area contributed by atoms with E-state index in [2.05, 4.69) is 34.6 Å². The van der Waals surface area contributed by atoms with Crippen LogP contribution in [0.4, 0.5) is 0 Å². The van der Waals surface area contributed by atoms with Crippen LogP contribution in [0.5, 0.6) is 0 Å². The first-order chi connectivity index (χ1) is 11.4. The number of aromatic nitrogens is 2. The topological polar surface area (TPSA) is 48.3 Å². The molecule has 1 aromatic heterocycles. The molecule has 0 radical (unpaired) electrons. The molecular weight excluding hydrogens is 290 g/mol. The highest BCUT2D eigenvalue weighted by Gasteiger charge is 2.14. The highest BCUT2D eigenvalue weighted by Crippen LogP contribution is 2.12. The molecule has 0 amide bonds. The normalized spacial score (nSPS) is 17.7. The van der Waals surface area contributed by atoms with Crippen LogP contribution >= 0.6 is 0 Å². The molecule has 1 aliphatic heterocycles. The predicted octanol–water partition coefficient (Wildman–Crippen LogP) is 2.55. The predicted molar refractivity (Wildman–Crippen MR) is 89.7 cm³/mol. The first kappa shape index (κ1) is 16.2.